The highest BCUT2D eigenvalue weighted by Gasteiger charge is 2.32. The fourth-order valence-electron chi connectivity index (χ4n) is 2.98. The smallest absolute Gasteiger partial charge is 0.146 e. The SMILES string of the molecule is OC1c2ccccc2CC1Oc1cccc2cccnc12. The van der Waals surface area contributed by atoms with Gasteiger partial charge in [-0.2, -0.15) is 0 Å². The number of hydrogen-bond donors (Lipinski definition) is 1. The lowest BCUT2D eigenvalue weighted by molar-refractivity contribution is 0.0502. The van der Waals surface area contributed by atoms with Crippen molar-refractivity contribution in [3.05, 3.63) is 71.9 Å². The van der Waals surface area contributed by atoms with Crippen molar-refractivity contribution >= 4 is 10.9 Å². The molecule has 1 heterocycles. The fourth-order valence-corrected chi connectivity index (χ4v) is 2.98. The van der Waals surface area contributed by atoms with Gasteiger partial charge in [0.1, 0.15) is 23.5 Å². The number of ether oxygens (including phenoxy) is 1. The van der Waals surface area contributed by atoms with Crippen LogP contribution >= 0.6 is 0 Å². The van der Waals surface area contributed by atoms with E-state index in [2.05, 4.69) is 4.98 Å². The van der Waals surface area contributed by atoms with Gasteiger partial charge in [-0.05, 0) is 23.3 Å². The lowest BCUT2D eigenvalue weighted by atomic mass is 10.1. The number of aliphatic hydroxyl groups excluding tert-OH is 1. The van der Waals surface area contributed by atoms with Crippen molar-refractivity contribution in [3.8, 4) is 5.75 Å². The lowest BCUT2D eigenvalue weighted by Crippen LogP contribution is -2.21. The first-order valence-electron chi connectivity index (χ1n) is 7.09. The van der Waals surface area contributed by atoms with E-state index in [0.717, 1.165) is 34.2 Å². The summed E-state index contributed by atoms with van der Waals surface area (Å²) in [6.45, 7) is 0. The molecule has 3 nitrogen and oxygen atoms in total. The molecule has 3 aromatic rings. The Labute approximate surface area is 122 Å². The predicted octanol–water partition coefficient (Wildman–Crippen LogP) is 3.27. The number of aromatic nitrogens is 1. The summed E-state index contributed by atoms with van der Waals surface area (Å²) in [4.78, 5) is 4.39. The number of benzene rings is 2. The van der Waals surface area contributed by atoms with Crippen molar-refractivity contribution in [2.75, 3.05) is 0 Å². The second-order valence-electron chi connectivity index (χ2n) is 5.34. The van der Waals surface area contributed by atoms with Crippen LogP contribution in [0.4, 0.5) is 0 Å². The molecule has 1 N–H and O–H groups in total. The van der Waals surface area contributed by atoms with Gasteiger partial charge in [-0.1, -0.05) is 42.5 Å². The van der Waals surface area contributed by atoms with Crippen molar-refractivity contribution in [2.24, 2.45) is 0 Å². The Morgan fingerprint density at radius 3 is 2.76 bits per heavy atom. The second kappa shape index (κ2) is 4.86. The minimum Gasteiger partial charge on any atom is -0.485 e. The molecule has 0 fully saturated rings. The van der Waals surface area contributed by atoms with Crippen LogP contribution in [-0.4, -0.2) is 16.2 Å². The summed E-state index contributed by atoms with van der Waals surface area (Å²) in [5, 5.41) is 11.5. The molecule has 4 rings (SSSR count). The van der Waals surface area contributed by atoms with Gasteiger partial charge in [-0.3, -0.25) is 4.98 Å². The van der Waals surface area contributed by atoms with Crippen molar-refractivity contribution < 1.29 is 9.84 Å². The van der Waals surface area contributed by atoms with Crippen molar-refractivity contribution in [1.29, 1.82) is 0 Å². The molecule has 0 bridgehead atoms. The highest BCUT2D eigenvalue weighted by Crippen LogP contribution is 2.35. The van der Waals surface area contributed by atoms with Gasteiger partial charge in [0, 0.05) is 18.0 Å². The highest BCUT2D eigenvalue weighted by atomic mass is 16.5. The van der Waals surface area contributed by atoms with Crippen LogP contribution in [-0.2, 0) is 6.42 Å². The summed E-state index contributed by atoms with van der Waals surface area (Å²) in [5.41, 5.74) is 2.96. The molecule has 0 saturated carbocycles. The summed E-state index contributed by atoms with van der Waals surface area (Å²) in [7, 11) is 0. The normalized spacial score (nSPS) is 20.4. The summed E-state index contributed by atoms with van der Waals surface area (Å²) in [6, 6.07) is 17.7. The Balaban J connectivity index is 1.68. The number of para-hydroxylation sites is 1. The van der Waals surface area contributed by atoms with Crippen LogP contribution in [0.2, 0.25) is 0 Å². The molecule has 1 aliphatic carbocycles. The molecule has 0 spiro atoms. The standard InChI is InChI=1S/C18H15NO2/c20-18-14-8-2-1-5-13(14)11-16(18)21-15-9-3-6-12-7-4-10-19-17(12)15/h1-10,16,18,20H,11H2. The van der Waals surface area contributed by atoms with Gasteiger partial charge < -0.3 is 9.84 Å². The van der Waals surface area contributed by atoms with Crippen LogP contribution < -0.4 is 4.74 Å². The van der Waals surface area contributed by atoms with Crippen LogP contribution in [0.3, 0.4) is 0 Å². The van der Waals surface area contributed by atoms with Crippen LogP contribution in [0, 0.1) is 0 Å². The van der Waals surface area contributed by atoms with Gasteiger partial charge >= 0.3 is 0 Å². The molecule has 1 aromatic heterocycles. The Bertz CT molecular complexity index is 795. The molecule has 2 aromatic carbocycles. The number of hydrogen-bond acceptors (Lipinski definition) is 3. The first-order valence-corrected chi connectivity index (χ1v) is 7.09. The molecule has 3 heteroatoms. The maximum atomic E-state index is 10.4. The molecular weight excluding hydrogens is 262 g/mol. The molecule has 2 unspecified atom stereocenters. The van der Waals surface area contributed by atoms with E-state index in [4.69, 9.17) is 4.74 Å². The third kappa shape index (κ3) is 2.06. The van der Waals surface area contributed by atoms with Crippen LogP contribution in [0.5, 0.6) is 5.75 Å². The first-order chi connectivity index (χ1) is 10.3. The largest absolute Gasteiger partial charge is 0.485 e. The lowest BCUT2D eigenvalue weighted by Gasteiger charge is -2.18. The molecule has 1 aliphatic rings. The maximum Gasteiger partial charge on any atom is 0.146 e. The molecule has 104 valence electrons. The number of aliphatic hydroxyl groups is 1. The summed E-state index contributed by atoms with van der Waals surface area (Å²) in [5.74, 6) is 0.727. The van der Waals surface area contributed by atoms with Crippen molar-refractivity contribution in [1.82, 2.24) is 4.98 Å². The maximum absolute atomic E-state index is 10.4. The van der Waals surface area contributed by atoms with Crippen LogP contribution in [0.25, 0.3) is 10.9 Å². The van der Waals surface area contributed by atoms with Crippen LogP contribution in [0.15, 0.2) is 60.8 Å². The summed E-state index contributed by atoms with van der Waals surface area (Å²) >= 11 is 0. The monoisotopic (exact) mass is 277 g/mol. The molecule has 0 amide bonds. The molecule has 2 atom stereocenters. The highest BCUT2D eigenvalue weighted by molar-refractivity contribution is 5.84. The molecule has 0 radical (unpaired) electrons. The number of pyridine rings is 1. The summed E-state index contributed by atoms with van der Waals surface area (Å²) < 4.78 is 6.07. The zero-order valence-corrected chi connectivity index (χ0v) is 11.4. The zero-order chi connectivity index (χ0) is 14.2. The Kier molecular flexibility index (Phi) is 2.86. The van der Waals surface area contributed by atoms with Crippen LogP contribution in [0.1, 0.15) is 17.2 Å². The number of nitrogens with zero attached hydrogens (tertiary/aromatic N) is 1. The third-order valence-electron chi connectivity index (χ3n) is 4.02. The van der Waals surface area contributed by atoms with E-state index in [1.807, 2.05) is 54.6 Å². The van der Waals surface area contributed by atoms with Crippen molar-refractivity contribution in [3.63, 3.8) is 0 Å². The van der Waals surface area contributed by atoms with Gasteiger partial charge in [0.2, 0.25) is 0 Å². The van der Waals surface area contributed by atoms with Gasteiger partial charge in [-0.25, -0.2) is 0 Å². The van der Waals surface area contributed by atoms with Gasteiger partial charge in [-0.15, -0.1) is 0 Å². The molecule has 21 heavy (non-hydrogen) atoms. The second-order valence-corrected chi connectivity index (χ2v) is 5.34. The molecule has 0 aliphatic heterocycles. The third-order valence-corrected chi connectivity index (χ3v) is 4.02. The average Bonchev–Trinajstić information content (AvgIpc) is 2.85. The molecular formula is C18H15NO2. The zero-order valence-electron chi connectivity index (χ0n) is 11.4. The van der Waals surface area contributed by atoms with E-state index in [0.29, 0.717) is 0 Å². The summed E-state index contributed by atoms with van der Waals surface area (Å²) in [6.07, 6.45) is 1.64. The van der Waals surface area contributed by atoms with E-state index >= 15 is 0 Å². The van der Waals surface area contributed by atoms with E-state index in [1.165, 1.54) is 0 Å². The van der Waals surface area contributed by atoms with E-state index in [1.54, 1.807) is 6.20 Å². The number of rotatable bonds is 2. The minimum absolute atomic E-state index is 0.255. The predicted molar refractivity (Wildman–Crippen MR) is 81.3 cm³/mol. The average molecular weight is 277 g/mol. The van der Waals surface area contributed by atoms with Gasteiger partial charge in [0.25, 0.3) is 0 Å². The Morgan fingerprint density at radius 2 is 1.86 bits per heavy atom. The first kappa shape index (κ1) is 12.4. The quantitative estimate of drug-likeness (QED) is 0.781. The fraction of sp³-hybridized carbons (Fsp3) is 0.167. The minimum atomic E-state index is -0.583. The Hall–Kier alpha value is -2.39. The molecule has 0 saturated heterocycles. The van der Waals surface area contributed by atoms with E-state index in [9.17, 15) is 5.11 Å². The van der Waals surface area contributed by atoms with Gasteiger partial charge in [0.15, 0.2) is 0 Å². The van der Waals surface area contributed by atoms with E-state index in [-0.39, 0.29) is 6.10 Å². The topological polar surface area (TPSA) is 42.4 Å². The van der Waals surface area contributed by atoms with Crippen molar-refractivity contribution in [2.45, 2.75) is 18.6 Å². The Morgan fingerprint density at radius 1 is 1.00 bits per heavy atom. The van der Waals surface area contributed by atoms with E-state index < -0.39 is 6.10 Å². The van der Waals surface area contributed by atoms with Gasteiger partial charge in [0.05, 0.1) is 0 Å². The number of fused-ring (bicyclic) bond motifs is 2.